The van der Waals surface area contributed by atoms with Crippen LogP contribution in [0.3, 0.4) is 0 Å². The number of halogens is 3. The number of rotatable bonds is 3. The van der Waals surface area contributed by atoms with E-state index in [9.17, 15) is 22.8 Å². The van der Waals surface area contributed by atoms with Gasteiger partial charge in [0, 0.05) is 11.6 Å². The summed E-state index contributed by atoms with van der Waals surface area (Å²) in [5, 5.41) is 0. The maximum Gasteiger partial charge on any atom is 0.421 e. The van der Waals surface area contributed by atoms with Crippen molar-refractivity contribution in [2.24, 2.45) is 23.2 Å². The molecule has 1 heterocycles. The van der Waals surface area contributed by atoms with Crippen molar-refractivity contribution in [2.75, 3.05) is 0 Å². The molecule has 4 saturated carbocycles. The number of ketones is 1. The fraction of sp³-hybridized carbons (Fsp3) is 0.667. The first kappa shape index (κ1) is 15.9. The molecule has 0 radical (unpaired) electrons. The van der Waals surface area contributed by atoms with Gasteiger partial charge in [-0.1, -0.05) is 0 Å². The van der Waals surface area contributed by atoms with Gasteiger partial charge >= 0.3 is 6.18 Å². The van der Waals surface area contributed by atoms with Gasteiger partial charge in [0.05, 0.1) is 6.54 Å². The zero-order chi connectivity index (χ0) is 17.1. The van der Waals surface area contributed by atoms with Crippen LogP contribution in [-0.4, -0.2) is 10.4 Å². The van der Waals surface area contributed by atoms with Crippen molar-refractivity contribution in [3.05, 3.63) is 34.2 Å². The molecule has 1 aromatic rings. The van der Waals surface area contributed by atoms with E-state index in [1.165, 1.54) is 31.5 Å². The molecular formula is C18H20F3NO2. The molecule has 5 rings (SSSR count). The number of aromatic nitrogens is 1. The number of hydrogen-bond acceptors (Lipinski definition) is 2. The highest BCUT2D eigenvalue weighted by Crippen LogP contribution is 2.60. The molecule has 4 aliphatic rings. The van der Waals surface area contributed by atoms with E-state index in [1.54, 1.807) is 0 Å². The third kappa shape index (κ3) is 2.50. The lowest BCUT2D eigenvalue weighted by atomic mass is 9.48. The van der Waals surface area contributed by atoms with Crippen molar-refractivity contribution in [1.82, 2.24) is 4.57 Å². The second-order valence-electron chi connectivity index (χ2n) is 7.97. The fourth-order valence-electron chi connectivity index (χ4n) is 5.65. The molecule has 0 aliphatic heterocycles. The zero-order valence-electron chi connectivity index (χ0n) is 13.3. The van der Waals surface area contributed by atoms with Crippen molar-refractivity contribution in [3.63, 3.8) is 0 Å². The first-order valence-corrected chi connectivity index (χ1v) is 8.57. The Balaban J connectivity index is 1.60. The molecule has 24 heavy (non-hydrogen) atoms. The number of Topliss-reactive ketones (excluding diaryl/α,β-unsaturated/α-hetero) is 1. The van der Waals surface area contributed by atoms with E-state index in [2.05, 4.69) is 0 Å². The quantitative estimate of drug-likeness (QED) is 0.843. The van der Waals surface area contributed by atoms with Crippen LogP contribution >= 0.6 is 0 Å². The minimum atomic E-state index is -4.69. The van der Waals surface area contributed by atoms with Gasteiger partial charge in [-0.25, -0.2) is 0 Å². The molecule has 0 amide bonds. The van der Waals surface area contributed by atoms with Crippen LogP contribution in [0.4, 0.5) is 13.2 Å². The van der Waals surface area contributed by atoms with Crippen LogP contribution in [0.2, 0.25) is 0 Å². The summed E-state index contributed by atoms with van der Waals surface area (Å²) in [5.74, 6) is 1.69. The highest BCUT2D eigenvalue weighted by Gasteiger charge is 2.54. The topological polar surface area (TPSA) is 39.1 Å². The van der Waals surface area contributed by atoms with E-state index in [-0.39, 0.29) is 12.3 Å². The number of carbonyl (C=O) groups excluding carboxylic acids is 1. The summed E-state index contributed by atoms with van der Waals surface area (Å²) in [4.78, 5) is 25.0. The van der Waals surface area contributed by atoms with Crippen molar-refractivity contribution in [3.8, 4) is 0 Å². The maximum atomic E-state index is 12.9. The summed E-state index contributed by atoms with van der Waals surface area (Å²) in [6.45, 7) is -0.241. The smallest absolute Gasteiger partial charge is 0.308 e. The Kier molecular flexibility index (Phi) is 3.45. The second-order valence-corrected chi connectivity index (χ2v) is 7.97. The van der Waals surface area contributed by atoms with Crippen LogP contribution < -0.4 is 5.56 Å². The largest absolute Gasteiger partial charge is 0.421 e. The monoisotopic (exact) mass is 339 g/mol. The molecular weight excluding hydrogens is 319 g/mol. The van der Waals surface area contributed by atoms with Crippen LogP contribution in [0.25, 0.3) is 0 Å². The summed E-state index contributed by atoms with van der Waals surface area (Å²) < 4.78 is 39.6. The maximum absolute atomic E-state index is 12.9. The molecule has 3 nitrogen and oxygen atoms in total. The fourth-order valence-corrected chi connectivity index (χ4v) is 5.65. The lowest BCUT2D eigenvalue weighted by Crippen LogP contribution is -2.51. The van der Waals surface area contributed by atoms with Gasteiger partial charge in [-0.3, -0.25) is 9.59 Å². The third-order valence-electron chi connectivity index (χ3n) is 6.27. The number of alkyl halides is 3. The lowest BCUT2D eigenvalue weighted by molar-refractivity contribution is -0.145. The Morgan fingerprint density at radius 1 is 1.12 bits per heavy atom. The first-order valence-electron chi connectivity index (χ1n) is 8.57. The summed E-state index contributed by atoms with van der Waals surface area (Å²) in [6.07, 6.45) is 2.73. The standard InChI is InChI=1S/C18H20F3NO2/c19-18(20,21)14-2-1-3-22(16(14)24)10-15(23)17-7-11-4-12(8-17)6-13(5-11)9-17/h1-3,11-13H,4-10H2. The third-order valence-corrected chi connectivity index (χ3v) is 6.27. The summed E-state index contributed by atoms with van der Waals surface area (Å²) in [5.41, 5.74) is -2.73. The highest BCUT2D eigenvalue weighted by molar-refractivity contribution is 5.85. The lowest BCUT2D eigenvalue weighted by Gasteiger charge is -2.56. The van der Waals surface area contributed by atoms with Gasteiger partial charge in [0.2, 0.25) is 0 Å². The SMILES string of the molecule is O=C(Cn1cccc(C(F)(F)F)c1=O)C12CC3CC(CC(C3)C1)C2. The molecule has 4 bridgehead atoms. The van der Waals surface area contributed by atoms with Gasteiger partial charge < -0.3 is 4.57 Å². The van der Waals surface area contributed by atoms with Gasteiger partial charge in [0.25, 0.3) is 5.56 Å². The summed E-state index contributed by atoms with van der Waals surface area (Å²) in [6, 6.07) is 1.96. The molecule has 6 heteroatoms. The van der Waals surface area contributed by atoms with E-state index in [0.717, 1.165) is 29.9 Å². The van der Waals surface area contributed by atoms with E-state index < -0.39 is 22.7 Å². The van der Waals surface area contributed by atoms with Crippen LogP contribution in [0.15, 0.2) is 23.1 Å². The Labute approximate surface area is 137 Å². The zero-order valence-corrected chi connectivity index (χ0v) is 13.3. The van der Waals surface area contributed by atoms with Crippen LogP contribution in [0.1, 0.15) is 44.1 Å². The van der Waals surface area contributed by atoms with Crippen LogP contribution in [-0.2, 0) is 17.5 Å². The van der Waals surface area contributed by atoms with Crippen LogP contribution in [0, 0.1) is 23.2 Å². The van der Waals surface area contributed by atoms with Crippen molar-refractivity contribution in [2.45, 2.75) is 51.2 Å². The molecule has 0 unspecified atom stereocenters. The molecule has 0 aromatic carbocycles. The van der Waals surface area contributed by atoms with Crippen molar-refractivity contribution >= 4 is 5.78 Å². The van der Waals surface area contributed by atoms with Gasteiger partial charge in [0.15, 0.2) is 5.78 Å². The highest BCUT2D eigenvalue weighted by atomic mass is 19.4. The normalized spacial score (nSPS) is 34.5. The predicted octanol–water partition coefficient (Wildman–Crippen LogP) is 3.65. The van der Waals surface area contributed by atoms with Crippen molar-refractivity contribution < 1.29 is 18.0 Å². The second kappa shape index (κ2) is 5.20. The van der Waals surface area contributed by atoms with Gasteiger partial charge in [-0.15, -0.1) is 0 Å². The number of carbonyl (C=O) groups is 1. The molecule has 0 saturated heterocycles. The molecule has 0 atom stereocenters. The Morgan fingerprint density at radius 3 is 2.17 bits per heavy atom. The molecule has 4 aliphatic carbocycles. The van der Waals surface area contributed by atoms with Gasteiger partial charge in [0.1, 0.15) is 5.56 Å². The minimum Gasteiger partial charge on any atom is -0.308 e. The predicted molar refractivity (Wildman–Crippen MR) is 81.3 cm³/mol. The van der Waals surface area contributed by atoms with Gasteiger partial charge in [-0.2, -0.15) is 13.2 Å². The summed E-state index contributed by atoms with van der Waals surface area (Å²) in [7, 11) is 0. The molecule has 4 fully saturated rings. The molecule has 130 valence electrons. The summed E-state index contributed by atoms with van der Waals surface area (Å²) >= 11 is 0. The van der Waals surface area contributed by atoms with E-state index in [1.807, 2.05) is 0 Å². The molecule has 0 N–H and O–H groups in total. The average Bonchev–Trinajstić information content (AvgIpc) is 2.46. The Hall–Kier alpha value is -1.59. The van der Waals surface area contributed by atoms with Crippen LogP contribution in [0.5, 0.6) is 0 Å². The minimum absolute atomic E-state index is 0.0528. The average molecular weight is 339 g/mol. The number of hydrogen-bond donors (Lipinski definition) is 0. The Bertz CT molecular complexity index is 699. The van der Waals surface area contributed by atoms with E-state index >= 15 is 0 Å². The van der Waals surface area contributed by atoms with Gasteiger partial charge in [-0.05, 0) is 68.4 Å². The van der Waals surface area contributed by atoms with E-state index in [4.69, 9.17) is 0 Å². The number of nitrogens with zero attached hydrogens (tertiary/aromatic N) is 1. The molecule has 0 spiro atoms. The number of pyridine rings is 1. The first-order chi connectivity index (χ1) is 11.3. The van der Waals surface area contributed by atoms with E-state index in [0.29, 0.717) is 17.8 Å². The Morgan fingerprint density at radius 2 is 1.67 bits per heavy atom. The van der Waals surface area contributed by atoms with Crippen molar-refractivity contribution in [1.29, 1.82) is 0 Å². The molecule has 1 aromatic heterocycles.